The van der Waals surface area contributed by atoms with Crippen LogP contribution in [-0.2, 0) is 0 Å². The Hall–Kier alpha value is -0.0800. The van der Waals surface area contributed by atoms with Crippen LogP contribution in [0.4, 0.5) is 0 Å². The summed E-state index contributed by atoms with van der Waals surface area (Å²) >= 11 is 0. The Labute approximate surface area is 107 Å². The lowest BCUT2D eigenvalue weighted by atomic mass is 9.95. The highest BCUT2D eigenvalue weighted by molar-refractivity contribution is 4.72. The summed E-state index contributed by atoms with van der Waals surface area (Å²) in [5.74, 6) is 0.968. The third kappa shape index (κ3) is 4.97. The molecule has 0 radical (unpaired) electrons. The van der Waals surface area contributed by atoms with Crippen molar-refractivity contribution < 1.29 is 0 Å². The van der Waals surface area contributed by atoms with Crippen molar-refractivity contribution in [2.24, 2.45) is 5.92 Å². The van der Waals surface area contributed by atoms with Crippen molar-refractivity contribution in [1.29, 1.82) is 0 Å². The van der Waals surface area contributed by atoms with E-state index in [4.69, 9.17) is 0 Å². The van der Waals surface area contributed by atoms with Crippen molar-refractivity contribution in [3.8, 4) is 0 Å². The van der Waals surface area contributed by atoms with Gasteiger partial charge in [-0.05, 0) is 71.2 Å². The van der Waals surface area contributed by atoms with Gasteiger partial charge in [-0.15, -0.1) is 0 Å². The van der Waals surface area contributed by atoms with Gasteiger partial charge in [0.2, 0.25) is 0 Å². The molecule has 0 spiro atoms. The number of hydrogen-bond donors (Lipinski definition) is 0. The van der Waals surface area contributed by atoms with Crippen molar-refractivity contribution in [3.05, 3.63) is 0 Å². The second kappa shape index (κ2) is 7.38. The van der Waals surface area contributed by atoms with E-state index in [1.807, 2.05) is 0 Å². The van der Waals surface area contributed by atoms with Gasteiger partial charge < -0.3 is 9.80 Å². The highest BCUT2D eigenvalue weighted by Crippen LogP contribution is 2.20. The first kappa shape index (κ1) is 13.4. The van der Waals surface area contributed by atoms with Crippen molar-refractivity contribution in [1.82, 2.24) is 9.80 Å². The molecule has 0 aromatic heterocycles. The fraction of sp³-hybridized carbons (Fsp3) is 1.00. The molecule has 1 atom stereocenters. The number of nitrogens with zero attached hydrogens (tertiary/aromatic N) is 2. The molecule has 100 valence electrons. The van der Waals surface area contributed by atoms with Crippen molar-refractivity contribution >= 4 is 0 Å². The van der Waals surface area contributed by atoms with Crippen molar-refractivity contribution in [2.75, 3.05) is 39.8 Å². The van der Waals surface area contributed by atoms with Gasteiger partial charge in [0.25, 0.3) is 0 Å². The zero-order valence-electron chi connectivity index (χ0n) is 11.7. The predicted octanol–water partition coefficient (Wildman–Crippen LogP) is 2.98. The molecular weight excluding hydrogens is 208 g/mol. The number of likely N-dealkylation sites (tertiary alicyclic amines) is 2. The van der Waals surface area contributed by atoms with Gasteiger partial charge in [-0.3, -0.25) is 0 Å². The molecule has 0 bridgehead atoms. The van der Waals surface area contributed by atoms with Gasteiger partial charge in [0.1, 0.15) is 0 Å². The van der Waals surface area contributed by atoms with E-state index >= 15 is 0 Å². The molecule has 0 aliphatic carbocycles. The summed E-state index contributed by atoms with van der Waals surface area (Å²) in [6.45, 7) is 6.75. The Kier molecular flexibility index (Phi) is 5.79. The van der Waals surface area contributed by atoms with E-state index < -0.39 is 0 Å². The minimum atomic E-state index is 0.968. The summed E-state index contributed by atoms with van der Waals surface area (Å²) in [5, 5.41) is 0. The molecule has 0 saturated carbocycles. The van der Waals surface area contributed by atoms with Crippen LogP contribution in [0, 0.1) is 5.92 Å². The van der Waals surface area contributed by atoms with Gasteiger partial charge in [0.05, 0.1) is 0 Å². The zero-order chi connectivity index (χ0) is 11.9. The smallest absolute Gasteiger partial charge is 0.00101 e. The average molecular weight is 238 g/mol. The molecule has 17 heavy (non-hydrogen) atoms. The molecule has 0 N–H and O–H groups in total. The summed E-state index contributed by atoms with van der Waals surface area (Å²) in [6, 6.07) is 0. The van der Waals surface area contributed by atoms with Crippen molar-refractivity contribution in [2.45, 2.75) is 51.4 Å². The molecular formula is C15H30N2. The first-order valence-corrected chi connectivity index (χ1v) is 7.75. The van der Waals surface area contributed by atoms with Crippen LogP contribution in [0.1, 0.15) is 51.4 Å². The Morgan fingerprint density at radius 3 is 2.24 bits per heavy atom. The summed E-state index contributed by atoms with van der Waals surface area (Å²) in [5.41, 5.74) is 0. The third-order valence-corrected chi connectivity index (χ3v) is 4.54. The molecule has 2 aliphatic heterocycles. The largest absolute Gasteiger partial charge is 0.306 e. The fourth-order valence-electron chi connectivity index (χ4n) is 3.34. The van der Waals surface area contributed by atoms with Crippen LogP contribution in [0.5, 0.6) is 0 Å². The molecule has 2 heteroatoms. The minimum absolute atomic E-state index is 0.968. The molecule has 2 heterocycles. The summed E-state index contributed by atoms with van der Waals surface area (Å²) < 4.78 is 0. The van der Waals surface area contributed by atoms with E-state index in [9.17, 15) is 0 Å². The number of rotatable bonds is 2. The van der Waals surface area contributed by atoms with Gasteiger partial charge in [0.15, 0.2) is 0 Å². The van der Waals surface area contributed by atoms with E-state index in [0.29, 0.717) is 0 Å². The lowest BCUT2D eigenvalue weighted by Gasteiger charge is -2.30. The Balaban J connectivity index is 1.75. The van der Waals surface area contributed by atoms with Crippen LogP contribution in [0.3, 0.4) is 0 Å². The van der Waals surface area contributed by atoms with E-state index in [2.05, 4.69) is 16.8 Å². The van der Waals surface area contributed by atoms with E-state index in [-0.39, 0.29) is 0 Å². The maximum Gasteiger partial charge on any atom is 0.00101 e. The van der Waals surface area contributed by atoms with Gasteiger partial charge in [-0.25, -0.2) is 0 Å². The Morgan fingerprint density at radius 1 is 0.765 bits per heavy atom. The highest BCUT2D eigenvalue weighted by Gasteiger charge is 2.17. The Bertz CT molecular complexity index is 197. The molecule has 0 aromatic rings. The van der Waals surface area contributed by atoms with Gasteiger partial charge in [0, 0.05) is 6.54 Å². The average Bonchev–Trinajstić information content (AvgIpc) is 2.57. The molecule has 0 amide bonds. The number of hydrogen-bond acceptors (Lipinski definition) is 2. The van der Waals surface area contributed by atoms with Crippen LogP contribution >= 0.6 is 0 Å². The van der Waals surface area contributed by atoms with Gasteiger partial charge in [-0.2, -0.15) is 0 Å². The maximum absolute atomic E-state index is 2.75. The van der Waals surface area contributed by atoms with E-state index in [0.717, 1.165) is 5.92 Å². The molecule has 2 rings (SSSR count). The van der Waals surface area contributed by atoms with Crippen LogP contribution in [0.2, 0.25) is 0 Å². The predicted molar refractivity (Wildman–Crippen MR) is 74.4 cm³/mol. The monoisotopic (exact) mass is 238 g/mol. The Morgan fingerprint density at radius 2 is 1.47 bits per heavy atom. The SMILES string of the molecule is CN1CCCCC(CN2CCCCCC2)CC1. The minimum Gasteiger partial charge on any atom is -0.306 e. The fourth-order valence-corrected chi connectivity index (χ4v) is 3.34. The van der Waals surface area contributed by atoms with Crippen LogP contribution < -0.4 is 0 Å². The lowest BCUT2D eigenvalue weighted by Crippen LogP contribution is -2.33. The maximum atomic E-state index is 2.75. The molecule has 2 fully saturated rings. The summed E-state index contributed by atoms with van der Waals surface area (Å²) in [6.07, 6.45) is 11.6. The van der Waals surface area contributed by atoms with Crippen LogP contribution in [0.25, 0.3) is 0 Å². The molecule has 2 saturated heterocycles. The molecule has 0 aromatic carbocycles. The van der Waals surface area contributed by atoms with E-state index in [1.165, 1.54) is 84.1 Å². The first-order valence-electron chi connectivity index (χ1n) is 7.75. The second-order valence-electron chi connectivity index (χ2n) is 6.17. The topological polar surface area (TPSA) is 6.48 Å². The molecule has 2 aliphatic rings. The van der Waals surface area contributed by atoms with Crippen LogP contribution in [0.15, 0.2) is 0 Å². The molecule has 1 unspecified atom stereocenters. The zero-order valence-corrected chi connectivity index (χ0v) is 11.7. The van der Waals surface area contributed by atoms with Gasteiger partial charge >= 0.3 is 0 Å². The lowest BCUT2D eigenvalue weighted by molar-refractivity contribution is 0.190. The highest BCUT2D eigenvalue weighted by atomic mass is 15.1. The standard InChI is InChI=1S/C15H30N2/c1-16-10-7-4-8-15(9-13-16)14-17-11-5-2-3-6-12-17/h15H,2-14H2,1H3. The molecule has 2 nitrogen and oxygen atoms in total. The van der Waals surface area contributed by atoms with E-state index in [1.54, 1.807) is 0 Å². The summed E-state index contributed by atoms with van der Waals surface area (Å²) in [4.78, 5) is 5.27. The third-order valence-electron chi connectivity index (χ3n) is 4.54. The first-order chi connectivity index (χ1) is 8.34. The van der Waals surface area contributed by atoms with Gasteiger partial charge in [-0.1, -0.05) is 19.3 Å². The van der Waals surface area contributed by atoms with Crippen molar-refractivity contribution in [3.63, 3.8) is 0 Å². The normalized spacial score (nSPS) is 30.5. The second-order valence-corrected chi connectivity index (χ2v) is 6.17. The quantitative estimate of drug-likeness (QED) is 0.730. The summed E-state index contributed by atoms with van der Waals surface area (Å²) in [7, 11) is 2.29. The van der Waals surface area contributed by atoms with Crippen LogP contribution in [-0.4, -0.2) is 49.6 Å².